The van der Waals surface area contributed by atoms with Crippen LogP contribution >= 0.6 is 0 Å². The van der Waals surface area contributed by atoms with E-state index in [1.54, 1.807) is 12.1 Å². The monoisotopic (exact) mass is 631 g/mol. The molecule has 0 radical (unpaired) electrons. The molecule has 0 fully saturated rings. The van der Waals surface area contributed by atoms with Gasteiger partial charge in [-0.3, -0.25) is 0 Å². The third kappa shape index (κ3) is 4.55. The molecule has 228 valence electrons. The molecule has 0 spiro atoms. The Hall–Kier alpha value is -6.44. The standard InChI is InChI=1S/C48H30O/c1-2-10-31(11-3-1)32-18-20-33(21-19-32)34-22-24-35(25-23-34)47-40-14-6-8-16-42(40)48(43-17-9-7-15-41(43)47)38-26-27-39-44-28-36-12-4-5-13-37(36)29-46(44)49-45(39)30-38/h1-30H/i1D,2D,3D,10D,11D,18D,19D,20D,21D. The molecule has 0 saturated carbocycles. The molecular formula is C48H30O. The summed E-state index contributed by atoms with van der Waals surface area (Å²) in [6.07, 6.45) is 0. The minimum Gasteiger partial charge on any atom is -0.456 e. The highest BCUT2D eigenvalue weighted by Crippen LogP contribution is 2.45. The fourth-order valence-electron chi connectivity index (χ4n) is 7.13. The van der Waals surface area contributed by atoms with Crippen LogP contribution in [0.5, 0.6) is 0 Å². The molecule has 0 unspecified atom stereocenters. The van der Waals surface area contributed by atoms with E-state index in [-0.39, 0.29) is 28.8 Å². The van der Waals surface area contributed by atoms with Crippen LogP contribution < -0.4 is 0 Å². The first kappa shape index (κ1) is 20.0. The largest absolute Gasteiger partial charge is 0.456 e. The van der Waals surface area contributed by atoms with Gasteiger partial charge in [0.25, 0.3) is 0 Å². The molecule has 1 aromatic heterocycles. The zero-order valence-corrected chi connectivity index (χ0v) is 26.0. The summed E-state index contributed by atoms with van der Waals surface area (Å²) in [6.45, 7) is 0. The van der Waals surface area contributed by atoms with Gasteiger partial charge in [0.15, 0.2) is 0 Å². The number of fused-ring (bicyclic) bond motifs is 6. The molecule has 9 aromatic carbocycles. The predicted molar refractivity (Wildman–Crippen MR) is 208 cm³/mol. The molecule has 0 saturated heterocycles. The lowest BCUT2D eigenvalue weighted by Gasteiger charge is -2.18. The lowest BCUT2D eigenvalue weighted by Crippen LogP contribution is -1.91. The average Bonchev–Trinajstić information content (AvgIpc) is 3.60. The van der Waals surface area contributed by atoms with Crippen LogP contribution in [-0.4, -0.2) is 0 Å². The van der Waals surface area contributed by atoms with Gasteiger partial charge in [-0.05, 0) is 101 Å². The summed E-state index contributed by atoms with van der Waals surface area (Å²) in [5, 5.41) is 8.61. The van der Waals surface area contributed by atoms with Crippen LogP contribution in [0.15, 0.2) is 186 Å². The van der Waals surface area contributed by atoms with Gasteiger partial charge in [0.2, 0.25) is 0 Å². The van der Waals surface area contributed by atoms with E-state index in [0.717, 1.165) is 76.5 Å². The van der Waals surface area contributed by atoms with E-state index in [1.165, 1.54) is 0 Å². The maximum Gasteiger partial charge on any atom is 0.136 e. The van der Waals surface area contributed by atoms with E-state index in [4.69, 9.17) is 16.8 Å². The van der Waals surface area contributed by atoms with Crippen LogP contribution in [0.1, 0.15) is 12.3 Å². The van der Waals surface area contributed by atoms with E-state index < -0.39 is 42.3 Å². The summed E-state index contributed by atoms with van der Waals surface area (Å²) < 4.78 is 83.1. The van der Waals surface area contributed by atoms with Gasteiger partial charge in [-0.1, -0.05) is 158 Å². The second-order valence-corrected chi connectivity index (χ2v) is 12.2. The van der Waals surface area contributed by atoms with Crippen LogP contribution in [0.4, 0.5) is 0 Å². The molecule has 0 bridgehead atoms. The van der Waals surface area contributed by atoms with Gasteiger partial charge >= 0.3 is 0 Å². The minimum atomic E-state index is -0.609. The van der Waals surface area contributed by atoms with Crippen LogP contribution in [0, 0.1) is 0 Å². The summed E-state index contributed by atoms with van der Waals surface area (Å²) in [4.78, 5) is 0. The van der Waals surface area contributed by atoms with Crippen molar-refractivity contribution in [3.05, 3.63) is 182 Å². The fourth-order valence-corrected chi connectivity index (χ4v) is 7.13. The third-order valence-corrected chi connectivity index (χ3v) is 9.40. The second-order valence-electron chi connectivity index (χ2n) is 12.2. The third-order valence-electron chi connectivity index (χ3n) is 9.40. The summed E-state index contributed by atoms with van der Waals surface area (Å²) in [5.74, 6) is 0. The van der Waals surface area contributed by atoms with Gasteiger partial charge in [-0.25, -0.2) is 0 Å². The summed E-state index contributed by atoms with van der Waals surface area (Å²) in [7, 11) is 0. The topological polar surface area (TPSA) is 13.1 Å². The molecule has 0 aliphatic carbocycles. The molecule has 49 heavy (non-hydrogen) atoms. The Bertz CT molecular complexity index is 3270. The highest BCUT2D eigenvalue weighted by molar-refractivity contribution is 6.22. The highest BCUT2D eigenvalue weighted by atomic mass is 16.3. The predicted octanol–water partition coefficient (Wildman–Crippen LogP) is 13.7. The van der Waals surface area contributed by atoms with E-state index in [1.807, 2.05) is 48.5 Å². The summed E-state index contributed by atoms with van der Waals surface area (Å²) in [5.41, 5.74) is 5.48. The van der Waals surface area contributed by atoms with Crippen molar-refractivity contribution in [1.29, 1.82) is 0 Å². The van der Waals surface area contributed by atoms with E-state index in [2.05, 4.69) is 66.7 Å². The normalized spacial score (nSPS) is 14.2. The van der Waals surface area contributed by atoms with Crippen molar-refractivity contribution in [3.8, 4) is 44.5 Å². The molecule has 1 nitrogen and oxygen atoms in total. The van der Waals surface area contributed by atoms with Crippen molar-refractivity contribution in [1.82, 2.24) is 0 Å². The fraction of sp³-hybridized carbons (Fsp3) is 0. The van der Waals surface area contributed by atoms with Crippen LogP contribution in [-0.2, 0) is 0 Å². The van der Waals surface area contributed by atoms with Crippen molar-refractivity contribution >= 4 is 54.3 Å². The lowest BCUT2D eigenvalue weighted by molar-refractivity contribution is 0.669. The van der Waals surface area contributed by atoms with E-state index in [0.29, 0.717) is 5.56 Å². The molecule has 10 rings (SSSR count). The molecule has 0 aliphatic heterocycles. The molecule has 0 amide bonds. The highest BCUT2D eigenvalue weighted by Gasteiger charge is 2.18. The van der Waals surface area contributed by atoms with Gasteiger partial charge in [0.1, 0.15) is 11.2 Å². The number of hydrogen-bond acceptors (Lipinski definition) is 1. The van der Waals surface area contributed by atoms with Crippen molar-refractivity contribution in [2.45, 2.75) is 0 Å². The van der Waals surface area contributed by atoms with Crippen LogP contribution in [0.25, 0.3) is 98.8 Å². The molecule has 1 heterocycles. The van der Waals surface area contributed by atoms with Crippen molar-refractivity contribution < 1.29 is 16.8 Å². The Morgan fingerprint density at radius 3 is 1.43 bits per heavy atom. The molecule has 0 N–H and O–H groups in total. The summed E-state index contributed by atoms with van der Waals surface area (Å²) in [6, 6.07) is 38.3. The Balaban J connectivity index is 1.11. The van der Waals surface area contributed by atoms with Gasteiger partial charge in [-0.2, -0.15) is 0 Å². The SMILES string of the molecule is [2H]c1c([2H])c([2H])c(-c2c([2H])c([2H])c(-c3ccc(-c4c5ccccc5c(-c5ccc6c(c5)oc5cc7ccccc7cc56)c5ccccc45)cc3)c([2H])c2[2H])c([2H])c1[2H]. The van der Waals surface area contributed by atoms with Crippen molar-refractivity contribution in [3.63, 3.8) is 0 Å². The van der Waals surface area contributed by atoms with Crippen LogP contribution in [0.2, 0.25) is 0 Å². The first-order valence-corrected chi connectivity index (χ1v) is 16.1. The first-order valence-electron chi connectivity index (χ1n) is 20.6. The van der Waals surface area contributed by atoms with E-state index in [9.17, 15) is 0 Å². The molecule has 0 aliphatic rings. The molecule has 1 heteroatoms. The lowest BCUT2D eigenvalue weighted by atomic mass is 9.85. The number of rotatable bonds is 4. The molecular weight excluding hydrogens is 593 g/mol. The van der Waals surface area contributed by atoms with Gasteiger partial charge in [-0.15, -0.1) is 0 Å². The van der Waals surface area contributed by atoms with Crippen molar-refractivity contribution in [2.24, 2.45) is 0 Å². The maximum atomic E-state index is 8.95. The first-order chi connectivity index (χ1) is 28.0. The van der Waals surface area contributed by atoms with E-state index >= 15 is 0 Å². The van der Waals surface area contributed by atoms with Crippen LogP contribution in [0.3, 0.4) is 0 Å². The Morgan fingerprint density at radius 1 is 0.327 bits per heavy atom. The smallest absolute Gasteiger partial charge is 0.136 e. The summed E-state index contributed by atoms with van der Waals surface area (Å²) >= 11 is 0. The second kappa shape index (κ2) is 11.1. The Morgan fingerprint density at radius 2 is 0.796 bits per heavy atom. The average molecular weight is 632 g/mol. The Labute approximate surface area is 297 Å². The Kier molecular flexibility index (Phi) is 4.53. The number of benzene rings is 9. The number of furan rings is 1. The minimum absolute atomic E-state index is 0.0526. The maximum absolute atomic E-state index is 8.95. The van der Waals surface area contributed by atoms with Crippen molar-refractivity contribution in [2.75, 3.05) is 0 Å². The van der Waals surface area contributed by atoms with Gasteiger partial charge in [0, 0.05) is 10.8 Å². The zero-order chi connectivity index (χ0) is 40.1. The van der Waals surface area contributed by atoms with Gasteiger partial charge < -0.3 is 4.42 Å². The van der Waals surface area contributed by atoms with Gasteiger partial charge in [0.05, 0.1) is 12.3 Å². The molecule has 0 atom stereocenters. The quantitative estimate of drug-likeness (QED) is 0.176. The number of hydrogen-bond donors (Lipinski definition) is 0. The molecule has 10 aromatic rings. The zero-order valence-electron chi connectivity index (χ0n) is 35.0.